The minimum absolute atomic E-state index is 0.114. The maximum Gasteiger partial charge on any atom is 0.253 e. The van der Waals surface area contributed by atoms with Gasteiger partial charge in [0.2, 0.25) is 0 Å². The molecule has 4 rings (SSSR count). The zero-order valence-corrected chi connectivity index (χ0v) is 15.4. The number of halogens is 2. The van der Waals surface area contributed by atoms with Crippen molar-refractivity contribution in [3.63, 3.8) is 0 Å². The van der Waals surface area contributed by atoms with Crippen LogP contribution in [0.25, 0.3) is 0 Å². The van der Waals surface area contributed by atoms with Gasteiger partial charge < -0.3 is 5.32 Å². The Bertz CT molecular complexity index is 971. The molecule has 27 heavy (non-hydrogen) atoms. The smallest absolute Gasteiger partial charge is 0.253 e. The molecule has 0 radical (unpaired) electrons. The Balaban J connectivity index is 1.54. The molecule has 0 saturated carbocycles. The Labute approximate surface area is 162 Å². The van der Waals surface area contributed by atoms with Crippen LogP contribution in [0.1, 0.15) is 46.1 Å². The molecule has 1 heterocycles. The van der Waals surface area contributed by atoms with Gasteiger partial charge in [0.1, 0.15) is 5.82 Å². The van der Waals surface area contributed by atoms with E-state index in [0.29, 0.717) is 6.54 Å². The molecule has 0 spiro atoms. The monoisotopic (exact) mass is 383 g/mol. The van der Waals surface area contributed by atoms with Gasteiger partial charge in [0, 0.05) is 11.3 Å². The lowest BCUT2D eigenvalue weighted by Crippen LogP contribution is -2.31. The first kappa shape index (κ1) is 17.7. The molecule has 4 nitrogen and oxygen atoms in total. The van der Waals surface area contributed by atoms with Crippen molar-refractivity contribution in [2.24, 2.45) is 0 Å². The van der Waals surface area contributed by atoms with Crippen LogP contribution in [0.4, 0.5) is 4.39 Å². The van der Waals surface area contributed by atoms with E-state index in [1.807, 2.05) is 29.1 Å². The third kappa shape index (κ3) is 3.74. The van der Waals surface area contributed by atoms with E-state index in [1.165, 1.54) is 17.7 Å². The fraction of sp³-hybridized carbons (Fsp3) is 0.238. The summed E-state index contributed by atoms with van der Waals surface area (Å²) in [5.41, 5.74) is 3.67. The molecule has 0 bridgehead atoms. The summed E-state index contributed by atoms with van der Waals surface area (Å²) < 4.78 is 15.2. The lowest BCUT2D eigenvalue weighted by atomic mass is 9.92. The Morgan fingerprint density at radius 2 is 2.07 bits per heavy atom. The number of carbonyl (C=O) groups excluding carboxylic acids is 1. The average molecular weight is 384 g/mol. The summed E-state index contributed by atoms with van der Waals surface area (Å²) in [7, 11) is 0. The van der Waals surface area contributed by atoms with Crippen LogP contribution in [-0.2, 0) is 13.0 Å². The molecular formula is C21H19ClFN3O. The van der Waals surface area contributed by atoms with Crippen LogP contribution in [0.5, 0.6) is 0 Å². The van der Waals surface area contributed by atoms with Crippen LogP contribution in [0, 0.1) is 5.82 Å². The molecule has 3 aromatic rings. The van der Waals surface area contributed by atoms with E-state index in [-0.39, 0.29) is 22.5 Å². The fourth-order valence-corrected chi connectivity index (χ4v) is 3.82. The van der Waals surface area contributed by atoms with Gasteiger partial charge in [-0.15, -0.1) is 0 Å². The molecule has 2 aromatic carbocycles. The van der Waals surface area contributed by atoms with Crippen molar-refractivity contribution in [1.29, 1.82) is 0 Å². The van der Waals surface area contributed by atoms with Crippen LogP contribution in [0.15, 0.2) is 54.7 Å². The molecule has 1 unspecified atom stereocenters. The molecule has 1 aliphatic carbocycles. The highest BCUT2D eigenvalue weighted by molar-refractivity contribution is 6.33. The van der Waals surface area contributed by atoms with Gasteiger partial charge in [-0.2, -0.15) is 5.10 Å². The van der Waals surface area contributed by atoms with Crippen LogP contribution in [-0.4, -0.2) is 15.7 Å². The molecule has 0 fully saturated rings. The second-order valence-corrected chi connectivity index (χ2v) is 7.14. The van der Waals surface area contributed by atoms with E-state index in [4.69, 9.17) is 11.6 Å². The van der Waals surface area contributed by atoms with Crippen molar-refractivity contribution in [2.75, 3.05) is 0 Å². The molecule has 1 N–H and O–H groups in total. The van der Waals surface area contributed by atoms with Crippen molar-refractivity contribution >= 4 is 17.5 Å². The zero-order valence-electron chi connectivity index (χ0n) is 14.7. The van der Waals surface area contributed by atoms with Crippen molar-refractivity contribution < 1.29 is 9.18 Å². The van der Waals surface area contributed by atoms with Gasteiger partial charge >= 0.3 is 0 Å². The minimum Gasteiger partial charge on any atom is -0.345 e. The third-order valence-corrected chi connectivity index (χ3v) is 5.23. The van der Waals surface area contributed by atoms with Crippen molar-refractivity contribution in [3.05, 3.63) is 88.0 Å². The molecule has 1 atom stereocenters. The van der Waals surface area contributed by atoms with E-state index in [9.17, 15) is 9.18 Å². The number of hydrogen-bond acceptors (Lipinski definition) is 2. The lowest BCUT2D eigenvalue weighted by molar-refractivity contribution is 0.0932. The normalized spacial score (nSPS) is 16.0. The highest BCUT2D eigenvalue weighted by Crippen LogP contribution is 2.30. The topological polar surface area (TPSA) is 46.9 Å². The maximum atomic E-state index is 13.2. The Morgan fingerprint density at radius 3 is 2.85 bits per heavy atom. The molecule has 138 valence electrons. The maximum absolute atomic E-state index is 13.2. The number of carbonyl (C=O) groups is 1. The van der Waals surface area contributed by atoms with Gasteiger partial charge in [0.25, 0.3) is 5.91 Å². The number of hydrogen-bond donors (Lipinski definition) is 1. The Hall–Kier alpha value is -2.66. The predicted molar refractivity (Wildman–Crippen MR) is 102 cm³/mol. The van der Waals surface area contributed by atoms with Crippen molar-refractivity contribution in [1.82, 2.24) is 15.1 Å². The first-order valence-electron chi connectivity index (χ1n) is 8.96. The SMILES string of the molecule is O=C(NC1CCCc2c1cnn2Cc1ccccc1)c1ccc(F)cc1Cl. The van der Waals surface area contributed by atoms with Gasteiger partial charge in [-0.1, -0.05) is 41.9 Å². The van der Waals surface area contributed by atoms with E-state index in [0.717, 1.165) is 36.6 Å². The second kappa shape index (κ2) is 7.53. The minimum atomic E-state index is -0.460. The van der Waals surface area contributed by atoms with Crippen molar-refractivity contribution in [2.45, 2.75) is 31.8 Å². The Morgan fingerprint density at radius 1 is 1.26 bits per heavy atom. The number of rotatable bonds is 4. The number of nitrogens with zero attached hydrogens (tertiary/aromatic N) is 2. The van der Waals surface area contributed by atoms with E-state index < -0.39 is 5.82 Å². The molecule has 6 heteroatoms. The lowest BCUT2D eigenvalue weighted by Gasteiger charge is -2.24. The van der Waals surface area contributed by atoms with Gasteiger partial charge in [-0.3, -0.25) is 9.48 Å². The number of aromatic nitrogens is 2. The summed E-state index contributed by atoms with van der Waals surface area (Å²) in [5.74, 6) is -0.757. The van der Waals surface area contributed by atoms with Crippen LogP contribution in [0.2, 0.25) is 5.02 Å². The number of amides is 1. The molecule has 1 aliphatic rings. The second-order valence-electron chi connectivity index (χ2n) is 6.73. The summed E-state index contributed by atoms with van der Waals surface area (Å²) in [4.78, 5) is 12.6. The van der Waals surface area contributed by atoms with Crippen LogP contribution >= 0.6 is 11.6 Å². The summed E-state index contributed by atoms with van der Waals surface area (Å²) in [5, 5.41) is 7.69. The first-order valence-corrected chi connectivity index (χ1v) is 9.34. The summed E-state index contributed by atoms with van der Waals surface area (Å²) in [6, 6.07) is 13.9. The number of nitrogens with one attached hydrogen (secondary N) is 1. The van der Waals surface area contributed by atoms with Gasteiger partial charge in [-0.05, 0) is 43.0 Å². The fourth-order valence-electron chi connectivity index (χ4n) is 3.57. The molecule has 0 saturated heterocycles. The first-order chi connectivity index (χ1) is 13.1. The molecule has 1 amide bonds. The number of benzene rings is 2. The highest BCUT2D eigenvalue weighted by atomic mass is 35.5. The van der Waals surface area contributed by atoms with Gasteiger partial charge in [-0.25, -0.2) is 4.39 Å². The van der Waals surface area contributed by atoms with E-state index in [2.05, 4.69) is 22.5 Å². The standard InChI is InChI=1S/C21H19ClFN3O/c22-18-11-15(23)9-10-16(18)21(27)25-19-7-4-8-20-17(19)12-24-26(20)13-14-5-2-1-3-6-14/h1-3,5-6,9-12,19H,4,7-8,13H2,(H,25,27). The summed E-state index contributed by atoms with van der Waals surface area (Å²) in [6.45, 7) is 0.709. The largest absolute Gasteiger partial charge is 0.345 e. The average Bonchev–Trinajstić information content (AvgIpc) is 3.06. The molecular weight excluding hydrogens is 365 g/mol. The van der Waals surface area contributed by atoms with Crippen LogP contribution < -0.4 is 5.32 Å². The quantitative estimate of drug-likeness (QED) is 0.719. The Kier molecular flexibility index (Phi) is 4.94. The van der Waals surface area contributed by atoms with E-state index >= 15 is 0 Å². The van der Waals surface area contributed by atoms with Gasteiger partial charge in [0.15, 0.2) is 0 Å². The number of fused-ring (bicyclic) bond motifs is 1. The summed E-state index contributed by atoms with van der Waals surface area (Å²) in [6.07, 6.45) is 4.59. The molecule has 1 aromatic heterocycles. The third-order valence-electron chi connectivity index (χ3n) is 4.92. The van der Waals surface area contributed by atoms with Crippen molar-refractivity contribution in [3.8, 4) is 0 Å². The summed E-state index contributed by atoms with van der Waals surface area (Å²) >= 11 is 6.02. The predicted octanol–water partition coefficient (Wildman–Crippen LogP) is 4.53. The van der Waals surface area contributed by atoms with E-state index in [1.54, 1.807) is 0 Å². The highest BCUT2D eigenvalue weighted by Gasteiger charge is 2.26. The molecule has 0 aliphatic heterocycles. The zero-order chi connectivity index (χ0) is 18.8. The van der Waals surface area contributed by atoms with Gasteiger partial charge in [0.05, 0.1) is 29.4 Å². The van der Waals surface area contributed by atoms with Crippen LogP contribution in [0.3, 0.4) is 0 Å².